The highest BCUT2D eigenvalue weighted by molar-refractivity contribution is 7.99. The normalized spacial score (nSPS) is 19.9. The zero-order valence-corrected chi connectivity index (χ0v) is 13.4. The third kappa shape index (κ3) is 2.51. The standard InChI is InChI=1S/C17H17NOS2/c19-17(16-10-11-4-3-7-14(11)21-16)18-13-8-9-20-15-6-2-1-5-12(13)15/h1-2,5-6,10,13H,3-4,7-9H2,(H,18,19). The molecule has 108 valence electrons. The molecule has 2 aromatic rings. The molecular weight excluding hydrogens is 298 g/mol. The number of carbonyl (C=O) groups excluding carboxylic acids is 1. The number of hydrogen-bond acceptors (Lipinski definition) is 3. The number of carbonyl (C=O) groups is 1. The van der Waals surface area contributed by atoms with Crippen LogP contribution in [-0.4, -0.2) is 11.7 Å². The Labute approximate surface area is 133 Å². The zero-order valence-electron chi connectivity index (χ0n) is 11.7. The SMILES string of the molecule is O=C(NC1CCSc2ccccc21)c1cc2c(s1)CCC2. The predicted octanol–water partition coefficient (Wildman–Crippen LogP) is 4.20. The summed E-state index contributed by atoms with van der Waals surface area (Å²) >= 11 is 3.57. The predicted molar refractivity (Wildman–Crippen MR) is 88.3 cm³/mol. The first-order chi connectivity index (χ1) is 10.3. The third-order valence-corrected chi connectivity index (χ3v) is 6.59. The Hall–Kier alpha value is -1.26. The van der Waals surface area contributed by atoms with E-state index in [1.807, 2.05) is 11.8 Å². The van der Waals surface area contributed by atoms with Crippen LogP contribution in [0.3, 0.4) is 0 Å². The van der Waals surface area contributed by atoms with Crippen molar-refractivity contribution in [3.05, 3.63) is 51.2 Å². The van der Waals surface area contributed by atoms with Crippen molar-refractivity contribution < 1.29 is 4.79 Å². The average Bonchev–Trinajstić information content (AvgIpc) is 3.09. The molecule has 0 saturated carbocycles. The summed E-state index contributed by atoms with van der Waals surface area (Å²) in [5.41, 5.74) is 2.66. The Morgan fingerprint density at radius 3 is 3.05 bits per heavy atom. The first kappa shape index (κ1) is 13.4. The number of amides is 1. The molecular formula is C17H17NOS2. The van der Waals surface area contributed by atoms with Crippen molar-refractivity contribution in [3.8, 4) is 0 Å². The van der Waals surface area contributed by atoms with E-state index in [4.69, 9.17) is 0 Å². The van der Waals surface area contributed by atoms with Gasteiger partial charge in [-0.2, -0.15) is 0 Å². The van der Waals surface area contributed by atoms with Gasteiger partial charge in [-0.05, 0) is 48.9 Å². The Kier molecular flexibility index (Phi) is 3.51. The van der Waals surface area contributed by atoms with Gasteiger partial charge in [0.25, 0.3) is 5.91 Å². The van der Waals surface area contributed by atoms with Crippen molar-refractivity contribution in [1.82, 2.24) is 5.32 Å². The van der Waals surface area contributed by atoms with E-state index in [1.54, 1.807) is 11.3 Å². The Balaban J connectivity index is 1.54. The van der Waals surface area contributed by atoms with Gasteiger partial charge in [0.15, 0.2) is 0 Å². The molecule has 0 saturated heterocycles. The monoisotopic (exact) mass is 315 g/mol. The van der Waals surface area contributed by atoms with Gasteiger partial charge in [0.1, 0.15) is 0 Å². The number of benzene rings is 1. The molecule has 2 heterocycles. The fourth-order valence-electron chi connectivity index (χ4n) is 3.16. The van der Waals surface area contributed by atoms with Crippen LogP contribution in [0.2, 0.25) is 0 Å². The molecule has 21 heavy (non-hydrogen) atoms. The molecule has 0 fully saturated rings. The van der Waals surface area contributed by atoms with Gasteiger partial charge in [-0.25, -0.2) is 0 Å². The molecule has 4 heteroatoms. The van der Waals surface area contributed by atoms with E-state index >= 15 is 0 Å². The summed E-state index contributed by atoms with van der Waals surface area (Å²) < 4.78 is 0. The van der Waals surface area contributed by atoms with E-state index in [0.29, 0.717) is 0 Å². The summed E-state index contributed by atoms with van der Waals surface area (Å²) in [7, 11) is 0. The minimum Gasteiger partial charge on any atom is -0.344 e. The van der Waals surface area contributed by atoms with Crippen molar-refractivity contribution in [2.75, 3.05) is 5.75 Å². The summed E-state index contributed by atoms with van der Waals surface area (Å²) in [6.45, 7) is 0. The summed E-state index contributed by atoms with van der Waals surface area (Å²) in [4.78, 5) is 16.1. The second kappa shape index (κ2) is 5.50. The molecule has 0 spiro atoms. The fraction of sp³-hybridized carbons (Fsp3) is 0.353. The van der Waals surface area contributed by atoms with Crippen LogP contribution in [0.15, 0.2) is 35.2 Å². The second-order valence-corrected chi connectivity index (χ2v) is 7.89. The highest BCUT2D eigenvalue weighted by atomic mass is 32.2. The average molecular weight is 315 g/mol. The lowest BCUT2D eigenvalue weighted by Crippen LogP contribution is -2.30. The minimum atomic E-state index is 0.0982. The first-order valence-electron chi connectivity index (χ1n) is 7.45. The van der Waals surface area contributed by atoms with Crippen LogP contribution in [0.1, 0.15) is 44.6 Å². The number of thioether (sulfide) groups is 1. The van der Waals surface area contributed by atoms with Crippen LogP contribution >= 0.6 is 23.1 Å². The third-order valence-electron chi connectivity index (χ3n) is 4.23. The van der Waals surface area contributed by atoms with Crippen molar-refractivity contribution in [1.29, 1.82) is 0 Å². The minimum absolute atomic E-state index is 0.0982. The Morgan fingerprint density at radius 1 is 1.24 bits per heavy atom. The molecule has 1 aliphatic heterocycles. The number of thiophene rings is 1. The van der Waals surface area contributed by atoms with Gasteiger partial charge < -0.3 is 5.32 Å². The fourth-order valence-corrected chi connectivity index (χ4v) is 5.44. The van der Waals surface area contributed by atoms with Crippen LogP contribution in [0.25, 0.3) is 0 Å². The van der Waals surface area contributed by atoms with E-state index in [-0.39, 0.29) is 11.9 Å². The van der Waals surface area contributed by atoms with Gasteiger partial charge in [-0.15, -0.1) is 23.1 Å². The maximum absolute atomic E-state index is 12.5. The van der Waals surface area contributed by atoms with E-state index in [2.05, 4.69) is 35.6 Å². The molecule has 0 bridgehead atoms. The molecule has 2 nitrogen and oxygen atoms in total. The number of fused-ring (bicyclic) bond motifs is 2. The van der Waals surface area contributed by atoms with Gasteiger partial charge in [-0.1, -0.05) is 18.2 Å². The highest BCUT2D eigenvalue weighted by Gasteiger charge is 2.24. The topological polar surface area (TPSA) is 29.1 Å². The zero-order chi connectivity index (χ0) is 14.2. The van der Waals surface area contributed by atoms with Crippen molar-refractivity contribution >= 4 is 29.0 Å². The molecule has 1 N–H and O–H groups in total. The lowest BCUT2D eigenvalue weighted by Gasteiger charge is -2.25. The van der Waals surface area contributed by atoms with Crippen LogP contribution in [0, 0.1) is 0 Å². The number of hydrogen-bond donors (Lipinski definition) is 1. The van der Waals surface area contributed by atoms with Gasteiger partial charge in [-0.3, -0.25) is 4.79 Å². The lowest BCUT2D eigenvalue weighted by molar-refractivity contribution is 0.0939. The Bertz CT molecular complexity index is 670. The van der Waals surface area contributed by atoms with E-state index in [1.165, 1.54) is 27.3 Å². The molecule has 1 unspecified atom stereocenters. The molecule has 1 aliphatic carbocycles. The first-order valence-corrected chi connectivity index (χ1v) is 9.25. The molecule has 2 aliphatic rings. The second-order valence-electron chi connectivity index (χ2n) is 5.61. The summed E-state index contributed by atoms with van der Waals surface area (Å²) in [6.07, 6.45) is 4.55. The molecule has 1 aromatic heterocycles. The van der Waals surface area contributed by atoms with Crippen LogP contribution in [0.4, 0.5) is 0 Å². The number of aryl methyl sites for hydroxylation is 2. The molecule has 1 atom stereocenters. The highest BCUT2D eigenvalue weighted by Crippen LogP contribution is 2.36. The van der Waals surface area contributed by atoms with Gasteiger partial charge in [0.2, 0.25) is 0 Å². The van der Waals surface area contributed by atoms with Gasteiger partial charge in [0.05, 0.1) is 10.9 Å². The molecule has 1 amide bonds. The van der Waals surface area contributed by atoms with Crippen LogP contribution in [0.5, 0.6) is 0 Å². The summed E-state index contributed by atoms with van der Waals surface area (Å²) in [5.74, 6) is 1.17. The number of nitrogens with one attached hydrogen (secondary N) is 1. The maximum atomic E-state index is 12.5. The largest absolute Gasteiger partial charge is 0.344 e. The molecule has 4 rings (SSSR count). The van der Waals surface area contributed by atoms with Crippen LogP contribution in [-0.2, 0) is 12.8 Å². The van der Waals surface area contributed by atoms with Gasteiger partial charge >= 0.3 is 0 Å². The van der Waals surface area contributed by atoms with E-state index < -0.39 is 0 Å². The maximum Gasteiger partial charge on any atom is 0.261 e. The van der Waals surface area contributed by atoms with Crippen LogP contribution < -0.4 is 5.32 Å². The quantitative estimate of drug-likeness (QED) is 0.899. The summed E-state index contributed by atoms with van der Waals surface area (Å²) in [6, 6.07) is 10.7. The van der Waals surface area contributed by atoms with Crippen molar-refractivity contribution in [3.63, 3.8) is 0 Å². The lowest BCUT2D eigenvalue weighted by atomic mass is 10.0. The van der Waals surface area contributed by atoms with Crippen molar-refractivity contribution in [2.24, 2.45) is 0 Å². The smallest absolute Gasteiger partial charge is 0.261 e. The molecule has 0 radical (unpaired) electrons. The Morgan fingerprint density at radius 2 is 2.14 bits per heavy atom. The van der Waals surface area contributed by atoms with E-state index in [0.717, 1.165) is 29.9 Å². The van der Waals surface area contributed by atoms with Crippen molar-refractivity contribution in [2.45, 2.75) is 36.6 Å². The summed E-state index contributed by atoms with van der Waals surface area (Å²) in [5, 5.41) is 3.24. The number of rotatable bonds is 2. The van der Waals surface area contributed by atoms with E-state index in [9.17, 15) is 4.79 Å². The molecule has 1 aromatic carbocycles. The van der Waals surface area contributed by atoms with Gasteiger partial charge in [0, 0.05) is 15.5 Å².